The van der Waals surface area contributed by atoms with E-state index in [0.717, 1.165) is 6.07 Å². The minimum absolute atomic E-state index is 0.00529. The zero-order valence-corrected chi connectivity index (χ0v) is 12.8. The summed E-state index contributed by atoms with van der Waals surface area (Å²) in [6.07, 6.45) is 0. The molecular weight excluding hydrogens is 275 g/mol. The van der Waals surface area contributed by atoms with Crippen LogP contribution in [0, 0.1) is 5.82 Å². The number of carbonyl (C=O) groups excluding carboxylic acids is 2. The molecule has 21 heavy (non-hydrogen) atoms. The van der Waals surface area contributed by atoms with Crippen LogP contribution in [-0.4, -0.2) is 49.9 Å². The summed E-state index contributed by atoms with van der Waals surface area (Å²) in [4.78, 5) is 25.4. The first-order chi connectivity index (χ1) is 9.83. The van der Waals surface area contributed by atoms with E-state index < -0.39 is 5.82 Å². The highest BCUT2D eigenvalue weighted by Gasteiger charge is 2.17. The molecule has 0 aliphatic rings. The molecule has 6 heteroatoms. The van der Waals surface area contributed by atoms with E-state index in [-0.39, 0.29) is 36.4 Å². The highest BCUT2D eigenvalue weighted by Crippen LogP contribution is 2.20. The minimum Gasteiger partial charge on any atom is -0.496 e. The van der Waals surface area contributed by atoms with Crippen molar-refractivity contribution in [1.82, 2.24) is 10.2 Å². The number of ketones is 1. The van der Waals surface area contributed by atoms with Gasteiger partial charge in [-0.15, -0.1) is 0 Å². The Morgan fingerprint density at radius 2 is 2.00 bits per heavy atom. The molecular formula is C15H21FN2O3. The fraction of sp³-hybridized carbons (Fsp3) is 0.467. The van der Waals surface area contributed by atoms with Gasteiger partial charge < -0.3 is 10.1 Å². The van der Waals surface area contributed by atoms with Crippen molar-refractivity contribution in [3.05, 3.63) is 29.6 Å². The van der Waals surface area contributed by atoms with Crippen LogP contribution in [0.3, 0.4) is 0 Å². The van der Waals surface area contributed by atoms with E-state index in [0.29, 0.717) is 5.75 Å². The second kappa shape index (κ2) is 7.73. The molecule has 0 spiro atoms. The van der Waals surface area contributed by atoms with Crippen molar-refractivity contribution in [3.63, 3.8) is 0 Å². The molecule has 0 aromatic heterocycles. The van der Waals surface area contributed by atoms with E-state index in [2.05, 4.69) is 5.32 Å². The molecule has 0 atom stereocenters. The topological polar surface area (TPSA) is 58.6 Å². The largest absolute Gasteiger partial charge is 0.496 e. The number of likely N-dealkylation sites (N-methyl/N-ethyl adjacent to an activating group) is 1. The van der Waals surface area contributed by atoms with Crippen LogP contribution in [0.25, 0.3) is 0 Å². The maximum atomic E-state index is 13.2. The molecule has 5 nitrogen and oxygen atoms in total. The Labute approximate surface area is 124 Å². The van der Waals surface area contributed by atoms with E-state index in [1.165, 1.54) is 19.2 Å². The molecule has 0 saturated carbocycles. The van der Waals surface area contributed by atoms with Crippen molar-refractivity contribution in [2.24, 2.45) is 0 Å². The van der Waals surface area contributed by atoms with Gasteiger partial charge in [0.15, 0.2) is 5.78 Å². The van der Waals surface area contributed by atoms with Crippen molar-refractivity contribution < 1.29 is 18.7 Å². The first-order valence-corrected chi connectivity index (χ1v) is 6.68. The predicted octanol–water partition coefficient (Wildman–Crippen LogP) is 1.47. The smallest absolute Gasteiger partial charge is 0.234 e. The number of benzene rings is 1. The molecule has 0 aliphatic carbocycles. The van der Waals surface area contributed by atoms with Gasteiger partial charge in [-0.1, -0.05) is 0 Å². The summed E-state index contributed by atoms with van der Waals surface area (Å²) in [7, 11) is 3.08. The van der Waals surface area contributed by atoms with Crippen molar-refractivity contribution in [1.29, 1.82) is 0 Å². The standard InChI is InChI=1S/C15H21FN2O3/c1-10(2)17-15(20)9-18(3)8-13(19)12-7-11(16)5-6-14(12)21-4/h5-7,10H,8-9H2,1-4H3,(H,17,20). The summed E-state index contributed by atoms with van der Waals surface area (Å²) in [5.74, 6) is -0.640. The van der Waals surface area contributed by atoms with E-state index in [9.17, 15) is 14.0 Å². The third kappa shape index (κ3) is 5.51. The summed E-state index contributed by atoms with van der Waals surface area (Å²) in [6, 6.07) is 3.83. The highest BCUT2D eigenvalue weighted by molar-refractivity contribution is 6.00. The molecule has 0 aliphatic heterocycles. The third-order valence-electron chi connectivity index (χ3n) is 2.74. The molecule has 0 fully saturated rings. The average molecular weight is 296 g/mol. The molecule has 0 bridgehead atoms. The Balaban J connectivity index is 2.68. The molecule has 1 aromatic rings. The van der Waals surface area contributed by atoms with Crippen LogP contribution in [0.15, 0.2) is 18.2 Å². The number of methoxy groups -OCH3 is 1. The number of rotatable bonds is 7. The van der Waals surface area contributed by atoms with Crippen molar-refractivity contribution in [2.45, 2.75) is 19.9 Å². The number of Topliss-reactive ketones (excluding diaryl/α,β-unsaturated/α-hetero) is 1. The van der Waals surface area contributed by atoms with E-state index >= 15 is 0 Å². The van der Waals surface area contributed by atoms with Crippen LogP contribution < -0.4 is 10.1 Å². The maximum absolute atomic E-state index is 13.2. The lowest BCUT2D eigenvalue weighted by Crippen LogP contribution is -2.40. The van der Waals surface area contributed by atoms with Crippen molar-refractivity contribution >= 4 is 11.7 Å². The molecule has 1 N–H and O–H groups in total. The van der Waals surface area contributed by atoms with Gasteiger partial charge >= 0.3 is 0 Å². The van der Waals surface area contributed by atoms with Crippen LogP contribution in [0.4, 0.5) is 4.39 Å². The van der Waals surface area contributed by atoms with Crippen molar-refractivity contribution in [3.8, 4) is 5.75 Å². The van der Waals surface area contributed by atoms with Gasteiger partial charge in [-0.3, -0.25) is 14.5 Å². The lowest BCUT2D eigenvalue weighted by Gasteiger charge is -2.17. The molecule has 1 aromatic carbocycles. The van der Waals surface area contributed by atoms with Gasteiger partial charge in [0, 0.05) is 6.04 Å². The van der Waals surface area contributed by atoms with Gasteiger partial charge in [0.05, 0.1) is 25.8 Å². The Morgan fingerprint density at radius 1 is 1.33 bits per heavy atom. The average Bonchev–Trinajstić information content (AvgIpc) is 2.37. The van der Waals surface area contributed by atoms with E-state index in [1.807, 2.05) is 13.8 Å². The first-order valence-electron chi connectivity index (χ1n) is 6.68. The van der Waals surface area contributed by atoms with Crippen molar-refractivity contribution in [2.75, 3.05) is 27.2 Å². The predicted molar refractivity (Wildman–Crippen MR) is 78.1 cm³/mol. The summed E-state index contributed by atoms with van der Waals surface area (Å²) < 4.78 is 18.3. The number of amides is 1. The molecule has 0 radical (unpaired) electrons. The van der Waals surface area contributed by atoms with Crippen LogP contribution in [0.2, 0.25) is 0 Å². The Morgan fingerprint density at radius 3 is 2.57 bits per heavy atom. The van der Waals surface area contributed by atoms with Gasteiger partial charge in [-0.05, 0) is 39.1 Å². The van der Waals surface area contributed by atoms with Gasteiger partial charge in [0.25, 0.3) is 0 Å². The number of nitrogens with zero attached hydrogens (tertiary/aromatic N) is 1. The second-order valence-corrected chi connectivity index (χ2v) is 5.16. The number of halogens is 1. The number of nitrogens with one attached hydrogen (secondary N) is 1. The fourth-order valence-electron chi connectivity index (χ4n) is 1.90. The first kappa shape index (κ1) is 17.1. The van der Waals surface area contributed by atoms with E-state index in [1.54, 1.807) is 11.9 Å². The summed E-state index contributed by atoms with van der Waals surface area (Å²) >= 11 is 0. The van der Waals surface area contributed by atoms with Crippen LogP contribution in [0.5, 0.6) is 5.75 Å². The molecule has 0 saturated heterocycles. The lowest BCUT2D eigenvalue weighted by atomic mass is 10.1. The normalized spacial score (nSPS) is 10.8. The van der Waals surface area contributed by atoms with Crippen LogP contribution in [0.1, 0.15) is 24.2 Å². The lowest BCUT2D eigenvalue weighted by molar-refractivity contribution is -0.122. The quantitative estimate of drug-likeness (QED) is 0.774. The summed E-state index contributed by atoms with van der Waals surface area (Å²) in [5.41, 5.74) is 0.175. The zero-order valence-electron chi connectivity index (χ0n) is 12.8. The SMILES string of the molecule is COc1ccc(F)cc1C(=O)CN(C)CC(=O)NC(C)C. The minimum atomic E-state index is -0.501. The third-order valence-corrected chi connectivity index (χ3v) is 2.74. The molecule has 116 valence electrons. The van der Waals surface area contributed by atoms with Gasteiger partial charge in [-0.2, -0.15) is 0 Å². The summed E-state index contributed by atoms with van der Waals surface area (Å²) in [5, 5.41) is 2.74. The second-order valence-electron chi connectivity index (χ2n) is 5.16. The van der Waals surface area contributed by atoms with Gasteiger partial charge in [-0.25, -0.2) is 4.39 Å². The maximum Gasteiger partial charge on any atom is 0.234 e. The highest BCUT2D eigenvalue weighted by atomic mass is 19.1. The van der Waals surface area contributed by atoms with Crippen LogP contribution >= 0.6 is 0 Å². The van der Waals surface area contributed by atoms with Gasteiger partial charge in [0.1, 0.15) is 11.6 Å². The number of hydrogen-bond donors (Lipinski definition) is 1. The number of carbonyl (C=O) groups is 2. The molecule has 1 amide bonds. The Bertz CT molecular complexity index is 518. The summed E-state index contributed by atoms with van der Waals surface area (Å²) in [6.45, 7) is 3.83. The molecule has 0 unspecified atom stereocenters. The van der Waals surface area contributed by atoms with E-state index in [4.69, 9.17) is 4.74 Å². The zero-order chi connectivity index (χ0) is 16.0. The Hall–Kier alpha value is -1.95. The van der Waals surface area contributed by atoms with Crippen LogP contribution in [-0.2, 0) is 4.79 Å². The number of ether oxygens (including phenoxy) is 1. The van der Waals surface area contributed by atoms with Gasteiger partial charge in [0.2, 0.25) is 5.91 Å². The fourth-order valence-corrected chi connectivity index (χ4v) is 1.90. The number of hydrogen-bond acceptors (Lipinski definition) is 4. The monoisotopic (exact) mass is 296 g/mol. The Kier molecular flexibility index (Phi) is 6.30. The molecule has 1 rings (SSSR count). The molecule has 0 heterocycles.